The van der Waals surface area contributed by atoms with Crippen LogP contribution < -0.4 is 5.32 Å². The second-order valence-electron chi connectivity index (χ2n) is 6.41. The van der Waals surface area contributed by atoms with Crippen molar-refractivity contribution >= 4 is 0 Å². The summed E-state index contributed by atoms with van der Waals surface area (Å²) in [5.74, 6) is 0.765. The van der Waals surface area contributed by atoms with E-state index < -0.39 is 0 Å². The zero-order chi connectivity index (χ0) is 14.7. The van der Waals surface area contributed by atoms with Crippen molar-refractivity contribution in [3.63, 3.8) is 0 Å². The van der Waals surface area contributed by atoms with E-state index in [1.807, 2.05) is 0 Å². The van der Waals surface area contributed by atoms with E-state index in [0.29, 0.717) is 6.04 Å². The summed E-state index contributed by atoms with van der Waals surface area (Å²) in [6, 6.07) is 18.5. The lowest BCUT2D eigenvalue weighted by atomic mass is 9.75. The van der Waals surface area contributed by atoms with Gasteiger partial charge in [-0.3, -0.25) is 0 Å². The van der Waals surface area contributed by atoms with E-state index in [0.717, 1.165) is 18.9 Å². The fourth-order valence-electron chi connectivity index (χ4n) is 3.20. The van der Waals surface area contributed by atoms with Crippen LogP contribution in [-0.2, 0) is 6.42 Å². The van der Waals surface area contributed by atoms with Gasteiger partial charge >= 0.3 is 0 Å². The van der Waals surface area contributed by atoms with Gasteiger partial charge in [0.05, 0.1) is 0 Å². The van der Waals surface area contributed by atoms with Gasteiger partial charge in [-0.2, -0.15) is 0 Å². The van der Waals surface area contributed by atoms with Crippen molar-refractivity contribution in [3.05, 3.63) is 70.8 Å². The van der Waals surface area contributed by atoms with Crippen LogP contribution in [-0.4, -0.2) is 12.6 Å². The van der Waals surface area contributed by atoms with Crippen LogP contribution in [0.3, 0.4) is 0 Å². The lowest BCUT2D eigenvalue weighted by Gasteiger charge is -2.36. The number of aryl methyl sites for hydroxylation is 2. The van der Waals surface area contributed by atoms with Crippen LogP contribution in [0.15, 0.2) is 48.5 Å². The van der Waals surface area contributed by atoms with Crippen molar-refractivity contribution in [1.29, 1.82) is 0 Å². The maximum Gasteiger partial charge on any atom is 0.00788 e. The quantitative estimate of drug-likeness (QED) is 0.856. The molecule has 3 rings (SSSR count). The van der Waals surface area contributed by atoms with Gasteiger partial charge in [0.2, 0.25) is 0 Å². The Balaban J connectivity index is 1.41. The van der Waals surface area contributed by atoms with Crippen molar-refractivity contribution in [2.45, 2.75) is 45.1 Å². The molecule has 1 N–H and O–H groups in total. The molecule has 1 aliphatic rings. The van der Waals surface area contributed by atoms with Crippen LogP contribution in [0.4, 0.5) is 0 Å². The first-order valence-electron chi connectivity index (χ1n) is 8.07. The second-order valence-corrected chi connectivity index (χ2v) is 6.41. The normalized spacial score (nSPS) is 21.0. The van der Waals surface area contributed by atoms with E-state index in [4.69, 9.17) is 0 Å². The second kappa shape index (κ2) is 6.44. The molecule has 1 nitrogen and oxygen atoms in total. The molecular formula is C20H25N. The molecule has 1 saturated carbocycles. The van der Waals surface area contributed by atoms with E-state index in [9.17, 15) is 0 Å². The predicted octanol–water partition coefficient (Wildman–Crippen LogP) is 4.38. The predicted molar refractivity (Wildman–Crippen MR) is 89.8 cm³/mol. The zero-order valence-electron chi connectivity index (χ0n) is 13.1. The molecule has 0 saturated heterocycles. The lowest BCUT2D eigenvalue weighted by molar-refractivity contribution is 0.293. The minimum absolute atomic E-state index is 0.709. The molecule has 0 heterocycles. The van der Waals surface area contributed by atoms with E-state index in [1.165, 1.54) is 35.1 Å². The van der Waals surface area contributed by atoms with Crippen LogP contribution >= 0.6 is 0 Å². The summed E-state index contributed by atoms with van der Waals surface area (Å²) in [6.45, 7) is 5.45. The first-order chi connectivity index (χ1) is 10.2. The Bertz CT molecular complexity index is 579. The molecule has 0 amide bonds. The molecule has 1 aliphatic carbocycles. The smallest absolute Gasteiger partial charge is 0.00788 e. The van der Waals surface area contributed by atoms with E-state index in [1.54, 1.807) is 0 Å². The Morgan fingerprint density at radius 2 is 1.67 bits per heavy atom. The molecule has 0 bridgehead atoms. The highest BCUT2D eigenvalue weighted by molar-refractivity contribution is 5.27. The van der Waals surface area contributed by atoms with Gasteiger partial charge in [0.15, 0.2) is 0 Å². The Labute approximate surface area is 128 Å². The third-order valence-electron chi connectivity index (χ3n) is 4.78. The molecular weight excluding hydrogens is 254 g/mol. The first-order valence-corrected chi connectivity index (χ1v) is 8.07. The molecule has 1 heteroatoms. The van der Waals surface area contributed by atoms with Crippen molar-refractivity contribution in [3.8, 4) is 0 Å². The van der Waals surface area contributed by atoms with Crippen molar-refractivity contribution in [1.82, 2.24) is 5.32 Å². The molecule has 2 aromatic carbocycles. The molecule has 0 radical (unpaired) electrons. The molecule has 0 unspecified atom stereocenters. The number of hydrogen-bond acceptors (Lipinski definition) is 1. The minimum atomic E-state index is 0.709. The summed E-state index contributed by atoms with van der Waals surface area (Å²) < 4.78 is 0. The fraction of sp³-hybridized carbons (Fsp3) is 0.400. The molecule has 0 spiro atoms. The molecule has 0 aromatic heterocycles. The summed E-state index contributed by atoms with van der Waals surface area (Å²) in [6.07, 6.45) is 3.71. The van der Waals surface area contributed by atoms with E-state index >= 15 is 0 Å². The minimum Gasteiger partial charge on any atom is -0.314 e. The Morgan fingerprint density at radius 1 is 0.952 bits per heavy atom. The van der Waals surface area contributed by atoms with Gasteiger partial charge in [-0.1, -0.05) is 54.1 Å². The standard InChI is InChI=1S/C20H25N/c1-15-7-9-18(10-8-15)19-13-20(14-19)21-12-11-17-6-4-3-5-16(17)2/h3-10,19-21H,11-14H2,1-2H3. The maximum atomic E-state index is 3.71. The van der Waals surface area contributed by atoms with Crippen LogP contribution in [0, 0.1) is 13.8 Å². The van der Waals surface area contributed by atoms with Crippen LogP contribution in [0.1, 0.15) is 41.0 Å². The Morgan fingerprint density at radius 3 is 2.38 bits per heavy atom. The Hall–Kier alpha value is -1.60. The van der Waals surface area contributed by atoms with Crippen LogP contribution in [0.2, 0.25) is 0 Å². The largest absolute Gasteiger partial charge is 0.314 e. The zero-order valence-corrected chi connectivity index (χ0v) is 13.1. The van der Waals surface area contributed by atoms with Gasteiger partial charge in [-0.25, -0.2) is 0 Å². The fourth-order valence-corrected chi connectivity index (χ4v) is 3.20. The summed E-state index contributed by atoms with van der Waals surface area (Å²) in [4.78, 5) is 0. The number of benzene rings is 2. The van der Waals surface area contributed by atoms with Crippen molar-refractivity contribution < 1.29 is 0 Å². The van der Waals surface area contributed by atoms with Gasteiger partial charge in [0.1, 0.15) is 0 Å². The molecule has 110 valence electrons. The average molecular weight is 279 g/mol. The Kier molecular flexibility index (Phi) is 4.40. The van der Waals surface area contributed by atoms with Crippen LogP contribution in [0.5, 0.6) is 0 Å². The third kappa shape index (κ3) is 3.54. The summed E-state index contributed by atoms with van der Waals surface area (Å²) in [5.41, 5.74) is 5.74. The van der Waals surface area contributed by atoms with Gasteiger partial charge in [-0.05, 0) is 62.3 Å². The molecule has 1 fully saturated rings. The topological polar surface area (TPSA) is 12.0 Å². The highest BCUT2D eigenvalue weighted by atomic mass is 14.9. The molecule has 0 aliphatic heterocycles. The lowest BCUT2D eigenvalue weighted by Crippen LogP contribution is -2.41. The third-order valence-corrected chi connectivity index (χ3v) is 4.78. The highest BCUT2D eigenvalue weighted by Crippen LogP contribution is 2.36. The number of rotatable bonds is 5. The van der Waals surface area contributed by atoms with Gasteiger partial charge in [0.25, 0.3) is 0 Å². The summed E-state index contributed by atoms with van der Waals surface area (Å²) in [5, 5.41) is 3.71. The highest BCUT2D eigenvalue weighted by Gasteiger charge is 2.29. The van der Waals surface area contributed by atoms with Crippen LogP contribution in [0.25, 0.3) is 0 Å². The van der Waals surface area contributed by atoms with Gasteiger partial charge in [-0.15, -0.1) is 0 Å². The SMILES string of the molecule is Cc1ccc(C2CC(NCCc3ccccc3C)C2)cc1. The summed E-state index contributed by atoms with van der Waals surface area (Å²) in [7, 11) is 0. The van der Waals surface area contributed by atoms with Gasteiger partial charge < -0.3 is 5.32 Å². The number of nitrogens with one attached hydrogen (secondary N) is 1. The monoisotopic (exact) mass is 279 g/mol. The number of hydrogen-bond donors (Lipinski definition) is 1. The molecule has 2 aromatic rings. The van der Waals surface area contributed by atoms with E-state index in [-0.39, 0.29) is 0 Å². The summed E-state index contributed by atoms with van der Waals surface area (Å²) >= 11 is 0. The molecule has 21 heavy (non-hydrogen) atoms. The molecule has 0 atom stereocenters. The first kappa shape index (κ1) is 14.3. The van der Waals surface area contributed by atoms with Crippen molar-refractivity contribution in [2.24, 2.45) is 0 Å². The van der Waals surface area contributed by atoms with Gasteiger partial charge in [0, 0.05) is 6.04 Å². The van der Waals surface area contributed by atoms with E-state index in [2.05, 4.69) is 67.7 Å². The average Bonchev–Trinajstić information content (AvgIpc) is 2.45. The maximum absolute atomic E-state index is 3.71. The van der Waals surface area contributed by atoms with Crippen molar-refractivity contribution in [2.75, 3.05) is 6.54 Å².